The quantitative estimate of drug-likeness (QED) is 0.920. The van der Waals surface area contributed by atoms with Crippen molar-refractivity contribution in [1.29, 1.82) is 0 Å². The third-order valence-corrected chi connectivity index (χ3v) is 4.57. The molecule has 0 spiro atoms. The molecule has 0 amide bonds. The van der Waals surface area contributed by atoms with E-state index in [-0.39, 0.29) is 5.41 Å². The highest BCUT2D eigenvalue weighted by atomic mass is 79.9. The lowest BCUT2D eigenvalue weighted by atomic mass is 9.83. The number of piperidine rings is 1. The second-order valence-electron chi connectivity index (χ2n) is 5.61. The Balaban J connectivity index is 1.89. The molecule has 1 atom stereocenters. The van der Waals surface area contributed by atoms with Gasteiger partial charge in [0.1, 0.15) is 5.75 Å². The van der Waals surface area contributed by atoms with Gasteiger partial charge in [0, 0.05) is 12.1 Å². The molecule has 112 valence electrons. The van der Waals surface area contributed by atoms with Gasteiger partial charge in [-0.2, -0.15) is 4.98 Å². The Hall–Kier alpha value is -1.40. The molecule has 2 heterocycles. The lowest BCUT2D eigenvalue weighted by Crippen LogP contribution is -2.41. The molecule has 1 saturated heterocycles. The van der Waals surface area contributed by atoms with Crippen molar-refractivity contribution in [1.82, 2.24) is 15.5 Å². The number of halogens is 1. The van der Waals surface area contributed by atoms with E-state index in [2.05, 4.69) is 38.3 Å². The lowest BCUT2D eigenvalue weighted by molar-refractivity contribution is 0.245. The highest BCUT2D eigenvalue weighted by molar-refractivity contribution is 9.10. The molecule has 1 unspecified atom stereocenters. The Morgan fingerprint density at radius 2 is 2.29 bits per heavy atom. The molecule has 0 bridgehead atoms. The largest absolute Gasteiger partial charge is 0.496 e. The number of benzene rings is 1. The van der Waals surface area contributed by atoms with Crippen LogP contribution in [0.4, 0.5) is 0 Å². The molecular formula is C15H18BrN3O2. The van der Waals surface area contributed by atoms with Crippen LogP contribution in [0.1, 0.15) is 25.7 Å². The summed E-state index contributed by atoms with van der Waals surface area (Å²) in [6.45, 7) is 4.10. The third kappa shape index (κ3) is 2.82. The van der Waals surface area contributed by atoms with E-state index in [9.17, 15) is 0 Å². The van der Waals surface area contributed by atoms with Crippen LogP contribution in [0.15, 0.2) is 27.2 Å². The number of hydrogen-bond donors (Lipinski definition) is 1. The molecule has 1 aromatic carbocycles. The van der Waals surface area contributed by atoms with Crippen molar-refractivity contribution < 1.29 is 9.26 Å². The van der Waals surface area contributed by atoms with Crippen LogP contribution in [-0.4, -0.2) is 30.3 Å². The van der Waals surface area contributed by atoms with Crippen LogP contribution in [0.2, 0.25) is 0 Å². The smallest absolute Gasteiger partial charge is 0.234 e. The Kier molecular flexibility index (Phi) is 3.99. The summed E-state index contributed by atoms with van der Waals surface area (Å²) in [6, 6.07) is 5.76. The highest BCUT2D eigenvalue weighted by Gasteiger charge is 2.34. The Morgan fingerprint density at radius 1 is 1.43 bits per heavy atom. The summed E-state index contributed by atoms with van der Waals surface area (Å²) in [5.74, 6) is 2.10. The van der Waals surface area contributed by atoms with Crippen LogP contribution in [0.3, 0.4) is 0 Å². The summed E-state index contributed by atoms with van der Waals surface area (Å²) in [7, 11) is 1.64. The van der Waals surface area contributed by atoms with E-state index in [1.54, 1.807) is 7.11 Å². The summed E-state index contributed by atoms with van der Waals surface area (Å²) in [4.78, 5) is 4.59. The van der Waals surface area contributed by atoms with Crippen molar-refractivity contribution in [3.8, 4) is 17.1 Å². The van der Waals surface area contributed by atoms with Gasteiger partial charge >= 0.3 is 0 Å². The average molecular weight is 352 g/mol. The summed E-state index contributed by atoms with van der Waals surface area (Å²) in [5, 5.41) is 7.52. The predicted molar refractivity (Wildman–Crippen MR) is 83.4 cm³/mol. The van der Waals surface area contributed by atoms with Crippen molar-refractivity contribution >= 4 is 15.9 Å². The Morgan fingerprint density at radius 3 is 2.95 bits per heavy atom. The molecule has 21 heavy (non-hydrogen) atoms. The Bertz CT molecular complexity index is 636. The summed E-state index contributed by atoms with van der Waals surface area (Å²) < 4.78 is 11.6. The fourth-order valence-corrected chi connectivity index (χ4v) is 3.17. The van der Waals surface area contributed by atoms with E-state index in [4.69, 9.17) is 9.26 Å². The van der Waals surface area contributed by atoms with E-state index in [1.807, 2.05) is 18.2 Å². The predicted octanol–water partition coefficient (Wildman–Crippen LogP) is 3.15. The number of methoxy groups -OCH3 is 1. The number of rotatable bonds is 3. The first-order chi connectivity index (χ1) is 10.1. The second kappa shape index (κ2) is 5.77. The van der Waals surface area contributed by atoms with Crippen LogP contribution in [0.25, 0.3) is 11.4 Å². The van der Waals surface area contributed by atoms with Crippen molar-refractivity contribution in [2.45, 2.75) is 25.2 Å². The topological polar surface area (TPSA) is 60.2 Å². The monoisotopic (exact) mass is 351 g/mol. The minimum atomic E-state index is -0.0762. The van der Waals surface area contributed by atoms with E-state index in [0.717, 1.165) is 41.7 Å². The second-order valence-corrected chi connectivity index (χ2v) is 6.47. The molecule has 2 aromatic rings. The van der Waals surface area contributed by atoms with Crippen LogP contribution in [0.5, 0.6) is 5.75 Å². The van der Waals surface area contributed by atoms with Crippen molar-refractivity contribution in [2.24, 2.45) is 0 Å². The Labute approximate surface area is 132 Å². The molecule has 0 saturated carbocycles. The number of nitrogens with zero attached hydrogens (tertiary/aromatic N) is 2. The number of ether oxygens (including phenoxy) is 1. The molecule has 0 aliphatic carbocycles. The van der Waals surface area contributed by atoms with Gasteiger partial charge in [0.05, 0.1) is 17.0 Å². The maximum atomic E-state index is 5.51. The molecule has 1 N–H and O–H groups in total. The van der Waals surface area contributed by atoms with E-state index >= 15 is 0 Å². The normalized spacial score (nSPS) is 22.2. The molecule has 1 fully saturated rings. The zero-order chi connectivity index (χ0) is 14.9. The number of nitrogens with one attached hydrogen (secondary N) is 1. The van der Waals surface area contributed by atoms with Crippen molar-refractivity contribution in [3.63, 3.8) is 0 Å². The number of hydrogen-bond acceptors (Lipinski definition) is 5. The molecule has 1 aliphatic heterocycles. The first kappa shape index (κ1) is 14.5. The fourth-order valence-electron chi connectivity index (χ4n) is 2.63. The lowest BCUT2D eigenvalue weighted by Gasteiger charge is -2.30. The van der Waals surface area contributed by atoms with Crippen LogP contribution < -0.4 is 10.1 Å². The molecular weight excluding hydrogens is 334 g/mol. The minimum Gasteiger partial charge on any atom is -0.496 e. The third-order valence-electron chi connectivity index (χ3n) is 3.95. The van der Waals surface area contributed by atoms with Gasteiger partial charge in [-0.25, -0.2) is 0 Å². The van der Waals surface area contributed by atoms with E-state index in [1.165, 1.54) is 0 Å². The van der Waals surface area contributed by atoms with Crippen LogP contribution in [-0.2, 0) is 5.41 Å². The molecule has 6 heteroatoms. The first-order valence-corrected chi connectivity index (χ1v) is 7.80. The zero-order valence-corrected chi connectivity index (χ0v) is 13.7. The van der Waals surface area contributed by atoms with Gasteiger partial charge < -0.3 is 14.6 Å². The van der Waals surface area contributed by atoms with Gasteiger partial charge in [0.25, 0.3) is 0 Å². The first-order valence-electron chi connectivity index (χ1n) is 7.01. The molecule has 0 radical (unpaired) electrons. The van der Waals surface area contributed by atoms with E-state index in [0.29, 0.717) is 11.7 Å². The van der Waals surface area contributed by atoms with E-state index < -0.39 is 0 Å². The molecule has 3 rings (SSSR count). The van der Waals surface area contributed by atoms with Crippen LogP contribution in [0, 0.1) is 0 Å². The highest BCUT2D eigenvalue weighted by Crippen LogP contribution is 2.33. The summed E-state index contributed by atoms with van der Waals surface area (Å²) in [6.07, 6.45) is 2.19. The van der Waals surface area contributed by atoms with Crippen molar-refractivity contribution in [2.75, 3.05) is 20.2 Å². The van der Waals surface area contributed by atoms with Gasteiger partial charge in [-0.1, -0.05) is 5.16 Å². The van der Waals surface area contributed by atoms with Gasteiger partial charge in [0.2, 0.25) is 11.7 Å². The molecule has 5 nitrogen and oxygen atoms in total. The zero-order valence-electron chi connectivity index (χ0n) is 12.1. The summed E-state index contributed by atoms with van der Waals surface area (Å²) >= 11 is 3.48. The average Bonchev–Trinajstić information content (AvgIpc) is 2.98. The van der Waals surface area contributed by atoms with Gasteiger partial charge in [-0.15, -0.1) is 0 Å². The number of aromatic nitrogens is 2. The molecule has 1 aliphatic rings. The van der Waals surface area contributed by atoms with Crippen LogP contribution >= 0.6 is 15.9 Å². The van der Waals surface area contributed by atoms with Gasteiger partial charge in [-0.05, 0) is 60.4 Å². The van der Waals surface area contributed by atoms with Gasteiger partial charge in [0.15, 0.2) is 0 Å². The SMILES string of the molecule is COc1ccc(-c2noc(C3(C)CCCNC3)n2)cc1Br. The minimum absolute atomic E-state index is 0.0762. The van der Waals surface area contributed by atoms with Crippen molar-refractivity contribution in [3.05, 3.63) is 28.6 Å². The summed E-state index contributed by atoms with van der Waals surface area (Å²) in [5.41, 5.74) is 0.831. The standard InChI is InChI=1S/C15H18BrN3O2/c1-15(6-3-7-17-9-15)14-18-13(19-21-14)10-4-5-12(20-2)11(16)8-10/h4-5,8,17H,3,6-7,9H2,1-2H3. The van der Waals surface area contributed by atoms with Gasteiger partial charge in [-0.3, -0.25) is 0 Å². The maximum Gasteiger partial charge on any atom is 0.234 e. The fraction of sp³-hybridized carbons (Fsp3) is 0.467. The maximum absolute atomic E-state index is 5.51. The molecule has 1 aromatic heterocycles.